The SMILES string of the molecule is CCCCCCCCCCCCCCCCCCCCCCCCCCCCC(=O)NC(CO)C(O)C(O)CCCCCCCCCCCCCCCCCCCCCCCCCC. The van der Waals surface area contributed by atoms with Crippen molar-refractivity contribution in [1.82, 2.24) is 5.32 Å². The second kappa shape index (κ2) is 55.0. The molecule has 0 fully saturated rings. The second-order valence-corrected chi connectivity index (χ2v) is 20.9. The van der Waals surface area contributed by atoms with Gasteiger partial charge in [0.25, 0.3) is 0 Å². The van der Waals surface area contributed by atoms with Crippen molar-refractivity contribution in [3.05, 3.63) is 0 Å². The minimum atomic E-state index is -1.13. The lowest BCUT2D eigenvalue weighted by Crippen LogP contribution is -2.50. The first-order valence-corrected chi connectivity index (χ1v) is 29.8. The van der Waals surface area contributed by atoms with Gasteiger partial charge in [0.05, 0.1) is 18.8 Å². The molecule has 0 aliphatic rings. The Morgan fingerprint density at radius 1 is 0.328 bits per heavy atom. The minimum absolute atomic E-state index is 0.135. The number of aliphatic hydroxyl groups is 3. The predicted molar refractivity (Wildman–Crippen MR) is 282 cm³/mol. The standard InChI is InChI=1S/C59H119NO4/c1-3-5-7-9-11-13-15-17-19-21-23-25-27-29-30-32-34-36-38-40-42-44-46-48-50-52-54-58(63)60-56(55-61)59(64)57(62)53-51-49-47-45-43-41-39-37-35-33-31-28-26-24-22-20-18-16-14-12-10-8-6-4-2/h56-57,59,61-62,64H,3-55H2,1-2H3,(H,60,63). The summed E-state index contributed by atoms with van der Waals surface area (Å²) in [7, 11) is 0. The monoisotopic (exact) mass is 906 g/mol. The van der Waals surface area contributed by atoms with E-state index < -0.39 is 18.2 Å². The number of hydrogen-bond acceptors (Lipinski definition) is 4. The molecule has 0 bridgehead atoms. The molecule has 4 N–H and O–H groups in total. The maximum absolute atomic E-state index is 12.5. The van der Waals surface area contributed by atoms with E-state index in [1.54, 1.807) is 0 Å². The van der Waals surface area contributed by atoms with Crippen molar-refractivity contribution in [2.24, 2.45) is 0 Å². The molecule has 0 aliphatic heterocycles. The van der Waals surface area contributed by atoms with Gasteiger partial charge in [-0.05, 0) is 12.8 Å². The van der Waals surface area contributed by atoms with Gasteiger partial charge in [0.1, 0.15) is 6.10 Å². The number of carbonyl (C=O) groups is 1. The van der Waals surface area contributed by atoms with E-state index in [2.05, 4.69) is 19.2 Å². The van der Waals surface area contributed by atoms with Gasteiger partial charge in [-0.3, -0.25) is 4.79 Å². The fourth-order valence-corrected chi connectivity index (χ4v) is 9.87. The summed E-state index contributed by atoms with van der Waals surface area (Å²) in [5.41, 5.74) is 0. The summed E-state index contributed by atoms with van der Waals surface area (Å²) >= 11 is 0. The van der Waals surface area contributed by atoms with E-state index >= 15 is 0 Å². The van der Waals surface area contributed by atoms with Crippen molar-refractivity contribution >= 4 is 5.91 Å². The summed E-state index contributed by atoms with van der Waals surface area (Å²) in [4.78, 5) is 12.5. The topological polar surface area (TPSA) is 89.8 Å². The van der Waals surface area contributed by atoms with E-state index in [0.717, 1.165) is 32.1 Å². The first-order valence-electron chi connectivity index (χ1n) is 29.8. The maximum Gasteiger partial charge on any atom is 0.220 e. The molecule has 3 atom stereocenters. The molecular formula is C59H119NO4. The molecule has 0 aromatic carbocycles. The number of unbranched alkanes of at least 4 members (excludes halogenated alkanes) is 48. The normalized spacial score (nSPS) is 13.1. The van der Waals surface area contributed by atoms with Gasteiger partial charge in [-0.2, -0.15) is 0 Å². The molecule has 5 nitrogen and oxygen atoms in total. The summed E-state index contributed by atoms with van der Waals surface area (Å²) in [5.74, 6) is -0.135. The van der Waals surface area contributed by atoms with Crippen LogP contribution in [-0.2, 0) is 4.79 Å². The van der Waals surface area contributed by atoms with Crippen LogP contribution in [0.2, 0.25) is 0 Å². The third kappa shape index (κ3) is 49.3. The molecule has 384 valence electrons. The Bertz CT molecular complexity index is 868. The van der Waals surface area contributed by atoms with Gasteiger partial charge in [0.2, 0.25) is 5.91 Å². The van der Waals surface area contributed by atoms with Crippen LogP contribution in [0.5, 0.6) is 0 Å². The molecule has 0 radical (unpaired) electrons. The molecule has 0 aromatic heterocycles. The van der Waals surface area contributed by atoms with E-state index in [0.29, 0.717) is 12.8 Å². The van der Waals surface area contributed by atoms with Gasteiger partial charge in [-0.25, -0.2) is 0 Å². The molecule has 0 rings (SSSR count). The van der Waals surface area contributed by atoms with Gasteiger partial charge in [0, 0.05) is 6.42 Å². The van der Waals surface area contributed by atoms with Crippen molar-refractivity contribution in [1.29, 1.82) is 0 Å². The average Bonchev–Trinajstić information content (AvgIpc) is 3.30. The highest BCUT2D eigenvalue weighted by molar-refractivity contribution is 5.76. The van der Waals surface area contributed by atoms with Crippen molar-refractivity contribution in [2.45, 2.75) is 366 Å². The minimum Gasteiger partial charge on any atom is -0.394 e. The van der Waals surface area contributed by atoms with Crippen LogP contribution in [0.25, 0.3) is 0 Å². The molecule has 3 unspecified atom stereocenters. The molecule has 0 spiro atoms. The van der Waals surface area contributed by atoms with Crippen LogP contribution in [0, 0.1) is 0 Å². The smallest absolute Gasteiger partial charge is 0.220 e. The maximum atomic E-state index is 12.5. The fourth-order valence-electron chi connectivity index (χ4n) is 9.87. The van der Waals surface area contributed by atoms with E-state index in [9.17, 15) is 20.1 Å². The van der Waals surface area contributed by atoms with E-state index in [1.165, 1.54) is 289 Å². The number of nitrogens with one attached hydrogen (secondary N) is 1. The van der Waals surface area contributed by atoms with Crippen LogP contribution in [0.15, 0.2) is 0 Å². The van der Waals surface area contributed by atoms with Gasteiger partial charge < -0.3 is 20.6 Å². The average molecular weight is 907 g/mol. The Kier molecular flexibility index (Phi) is 54.4. The molecule has 1 amide bonds. The Labute approximate surface area is 402 Å². The van der Waals surface area contributed by atoms with E-state index in [-0.39, 0.29) is 12.5 Å². The zero-order chi connectivity index (χ0) is 46.5. The molecular weight excluding hydrogens is 787 g/mol. The van der Waals surface area contributed by atoms with Crippen molar-refractivity contribution in [3.8, 4) is 0 Å². The first kappa shape index (κ1) is 63.4. The lowest BCUT2D eigenvalue weighted by atomic mass is 9.99. The molecule has 5 heteroatoms. The Balaban J connectivity index is 3.48. The number of carbonyl (C=O) groups excluding carboxylic acids is 1. The number of rotatable bonds is 56. The number of amides is 1. The van der Waals surface area contributed by atoms with Gasteiger partial charge in [-0.15, -0.1) is 0 Å². The largest absolute Gasteiger partial charge is 0.394 e. The second-order valence-electron chi connectivity index (χ2n) is 20.9. The van der Waals surface area contributed by atoms with E-state index in [4.69, 9.17) is 0 Å². The summed E-state index contributed by atoms with van der Waals surface area (Å²) in [6, 6.07) is -0.805. The molecule has 64 heavy (non-hydrogen) atoms. The zero-order valence-corrected chi connectivity index (χ0v) is 44.0. The quantitative estimate of drug-likeness (QED) is 0.0458. The zero-order valence-electron chi connectivity index (χ0n) is 44.0. The van der Waals surface area contributed by atoms with Crippen LogP contribution in [0.4, 0.5) is 0 Å². The molecule has 0 aromatic rings. The third-order valence-electron chi connectivity index (χ3n) is 14.5. The van der Waals surface area contributed by atoms with Crippen LogP contribution in [0.3, 0.4) is 0 Å². The Hall–Kier alpha value is -0.650. The lowest BCUT2D eigenvalue weighted by molar-refractivity contribution is -0.124. The van der Waals surface area contributed by atoms with Crippen molar-refractivity contribution < 1.29 is 20.1 Å². The number of aliphatic hydroxyl groups excluding tert-OH is 3. The predicted octanol–water partition coefficient (Wildman–Crippen LogP) is 18.5. The molecule has 0 saturated heterocycles. The molecule has 0 heterocycles. The highest BCUT2D eigenvalue weighted by Gasteiger charge is 2.26. The highest BCUT2D eigenvalue weighted by atomic mass is 16.3. The van der Waals surface area contributed by atoms with Gasteiger partial charge >= 0.3 is 0 Å². The molecule has 0 aliphatic carbocycles. The summed E-state index contributed by atoms with van der Waals surface area (Å²) in [5, 5.41) is 33.9. The third-order valence-corrected chi connectivity index (χ3v) is 14.5. The van der Waals surface area contributed by atoms with Crippen molar-refractivity contribution in [3.63, 3.8) is 0 Å². The first-order chi connectivity index (χ1) is 31.6. The Morgan fingerprint density at radius 2 is 0.531 bits per heavy atom. The molecule has 0 saturated carbocycles. The summed E-state index contributed by atoms with van der Waals surface area (Å²) in [6.07, 6.45) is 67.0. The van der Waals surface area contributed by atoms with Crippen LogP contribution < -0.4 is 5.32 Å². The fraction of sp³-hybridized carbons (Fsp3) is 0.983. The summed E-state index contributed by atoms with van der Waals surface area (Å²) < 4.78 is 0. The van der Waals surface area contributed by atoms with Gasteiger partial charge in [0.15, 0.2) is 0 Å². The van der Waals surface area contributed by atoms with Gasteiger partial charge in [-0.1, -0.05) is 328 Å². The summed E-state index contributed by atoms with van der Waals surface area (Å²) in [6.45, 7) is 4.23. The van der Waals surface area contributed by atoms with Crippen molar-refractivity contribution in [2.75, 3.05) is 6.61 Å². The lowest BCUT2D eigenvalue weighted by Gasteiger charge is -2.26. The van der Waals surface area contributed by atoms with Crippen LogP contribution in [0.1, 0.15) is 348 Å². The van der Waals surface area contributed by atoms with Crippen LogP contribution >= 0.6 is 0 Å². The number of hydrogen-bond donors (Lipinski definition) is 4. The van der Waals surface area contributed by atoms with Crippen LogP contribution in [-0.4, -0.2) is 46.1 Å². The highest BCUT2D eigenvalue weighted by Crippen LogP contribution is 2.19. The Morgan fingerprint density at radius 3 is 0.750 bits per heavy atom. The van der Waals surface area contributed by atoms with E-state index in [1.807, 2.05) is 0 Å².